The standard InChI is InChI=1S/C17H20N2O2/c1-12(15-4-3-5-16(18)10-15)19(2)11-13-6-8-14(9-7-13)17(20)21/h3-10,12H,11,18H2,1-2H3,(H,20,21). The monoisotopic (exact) mass is 284 g/mol. The smallest absolute Gasteiger partial charge is 0.335 e. The summed E-state index contributed by atoms with van der Waals surface area (Å²) in [6.45, 7) is 2.87. The maximum atomic E-state index is 10.8. The minimum atomic E-state index is -0.900. The number of aromatic carboxylic acids is 1. The average Bonchev–Trinajstić information content (AvgIpc) is 2.47. The first-order valence-corrected chi connectivity index (χ1v) is 6.85. The lowest BCUT2D eigenvalue weighted by molar-refractivity contribution is 0.0697. The van der Waals surface area contributed by atoms with E-state index in [1.165, 1.54) is 5.56 Å². The van der Waals surface area contributed by atoms with E-state index >= 15 is 0 Å². The summed E-state index contributed by atoms with van der Waals surface area (Å²) in [5.74, 6) is -0.900. The SMILES string of the molecule is CC(c1cccc(N)c1)N(C)Cc1ccc(C(=O)O)cc1. The van der Waals surface area contributed by atoms with E-state index in [0.29, 0.717) is 5.56 Å². The molecule has 2 aromatic carbocycles. The summed E-state index contributed by atoms with van der Waals surface area (Å²) in [6.07, 6.45) is 0. The summed E-state index contributed by atoms with van der Waals surface area (Å²) in [5.41, 5.74) is 9.14. The Kier molecular flexibility index (Phi) is 4.60. The third kappa shape index (κ3) is 3.83. The topological polar surface area (TPSA) is 66.6 Å². The van der Waals surface area contributed by atoms with Gasteiger partial charge in [-0.3, -0.25) is 4.90 Å². The van der Waals surface area contributed by atoms with E-state index in [9.17, 15) is 4.79 Å². The molecule has 110 valence electrons. The second-order valence-corrected chi connectivity index (χ2v) is 5.26. The Balaban J connectivity index is 2.06. The molecule has 0 aliphatic heterocycles. The predicted molar refractivity (Wildman–Crippen MR) is 84.1 cm³/mol. The van der Waals surface area contributed by atoms with Gasteiger partial charge in [0, 0.05) is 18.3 Å². The Morgan fingerprint density at radius 2 is 1.90 bits per heavy atom. The molecule has 2 aromatic rings. The van der Waals surface area contributed by atoms with Crippen molar-refractivity contribution < 1.29 is 9.90 Å². The number of nitrogen functional groups attached to an aromatic ring is 1. The number of carboxylic acids is 1. The Hall–Kier alpha value is -2.33. The zero-order valence-corrected chi connectivity index (χ0v) is 12.3. The van der Waals surface area contributed by atoms with Gasteiger partial charge in [-0.25, -0.2) is 4.79 Å². The second-order valence-electron chi connectivity index (χ2n) is 5.26. The van der Waals surface area contributed by atoms with Crippen LogP contribution >= 0.6 is 0 Å². The Morgan fingerprint density at radius 3 is 2.48 bits per heavy atom. The number of hydrogen-bond acceptors (Lipinski definition) is 3. The van der Waals surface area contributed by atoms with Crippen LogP contribution in [0.2, 0.25) is 0 Å². The second kappa shape index (κ2) is 6.41. The molecule has 2 rings (SSSR count). The molecule has 4 nitrogen and oxygen atoms in total. The molecule has 0 aliphatic rings. The number of rotatable bonds is 5. The predicted octanol–water partition coefficient (Wildman–Crippen LogP) is 3.16. The summed E-state index contributed by atoms with van der Waals surface area (Å²) in [6, 6.07) is 15.1. The van der Waals surface area contributed by atoms with Crippen LogP contribution in [0.5, 0.6) is 0 Å². The van der Waals surface area contributed by atoms with Gasteiger partial charge in [-0.05, 0) is 49.4 Å². The van der Waals surface area contributed by atoms with Gasteiger partial charge in [0.2, 0.25) is 0 Å². The van der Waals surface area contributed by atoms with E-state index < -0.39 is 5.97 Å². The van der Waals surface area contributed by atoms with E-state index in [4.69, 9.17) is 10.8 Å². The number of carbonyl (C=O) groups is 1. The summed E-state index contributed by atoms with van der Waals surface area (Å²) in [7, 11) is 2.04. The van der Waals surface area contributed by atoms with Crippen LogP contribution in [0.3, 0.4) is 0 Å². The van der Waals surface area contributed by atoms with Gasteiger partial charge in [0.15, 0.2) is 0 Å². The Labute approximate surface area is 124 Å². The van der Waals surface area contributed by atoms with Crippen LogP contribution in [-0.4, -0.2) is 23.0 Å². The lowest BCUT2D eigenvalue weighted by Gasteiger charge is -2.25. The van der Waals surface area contributed by atoms with E-state index in [0.717, 1.165) is 17.8 Å². The summed E-state index contributed by atoms with van der Waals surface area (Å²) >= 11 is 0. The lowest BCUT2D eigenvalue weighted by atomic mass is 10.1. The van der Waals surface area contributed by atoms with Crippen molar-refractivity contribution in [1.82, 2.24) is 4.90 Å². The zero-order chi connectivity index (χ0) is 15.4. The average molecular weight is 284 g/mol. The first kappa shape index (κ1) is 15.1. The maximum Gasteiger partial charge on any atom is 0.335 e. The molecule has 21 heavy (non-hydrogen) atoms. The first-order valence-electron chi connectivity index (χ1n) is 6.85. The maximum absolute atomic E-state index is 10.8. The van der Waals surface area contributed by atoms with Crippen molar-refractivity contribution >= 4 is 11.7 Å². The minimum absolute atomic E-state index is 0.229. The van der Waals surface area contributed by atoms with Crippen LogP contribution < -0.4 is 5.73 Å². The van der Waals surface area contributed by atoms with Crippen LogP contribution in [0.25, 0.3) is 0 Å². The fourth-order valence-electron chi connectivity index (χ4n) is 2.25. The van der Waals surface area contributed by atoms with Gasteiger partial charge in [0.1, 0.15) is 0 Å². The van der Waals surface area contributed by atoms with E-state index in [2.05, 4.69) is 17.9 Å². The van der Waals surface area contributed by atoms with E-state index in [-0.39, 0.29) is 6.04 Å². The zero-order valence-electron chi connectivity index (χ0n) is 12.3. The van der Waals surface area contributed by atoms with Crippen molar-refractivity contribution in [2.45, 2.75) is 19.5 Å². The first-order chi connectivity index (χ1) is 9.97. The molecule has 0 aromatic heterocycles. The Bertz CT molecular complexity index is 623. The number of hydrogen-bond donors (Lipinski definition) is 2. The highest BCUT2D eigenvalue weighted by atomic mass is 16.4. The minimum Gasteiger partial charge on any atom is -0.478 e. The van der Waals surface area contributed by atoms with Crippen molar-refractivity contribution in [3.8, 4) is 0 Å². The van der Waals surface area contributed by atoms with Crippen molar-refractivity contribution in [1.29, 1.82) is 0 Å². The third-order valence-electron chi connectivity index (χ3n) is 3.69. The number of anilines is 1. The van der Waals surface area contributed by atoms with Crippen molar-refractivity contribution in [2.75, 3.05) is 12.8 Å². The fourth-order valence-corrected chi connectivity index (χ4v) is 2.25. The fraction of sp³-hybridized carbons (Fsp3) is 0.235. The van der Waals surface area contributed by atoms with E-state index in [1.807, 2.05) is 37.4 Å². The summed E-state index contributed by atoms with van der Waals surface area (Å²) in [5, 5.41) is 8.90. The molecule has 0 bridgehead atoms. The van der Waals surface area contributed by atoms with Gasteiger partial charge in [-0.2, -0.15) is 0 Å². The Morgan fingerprint density at radius 1 is 1.24 bits per heavy atom. The lowest BCUT2D eigenvalue weighted by Crippen LogP contribution is -2.22. The molecule has 0 heterocycles. The molecule has 0 saturated carbocycles. The molecule has 4 heteroatoms. The molecule has 0 aliphatic carbocycles. The van der Waals surface area contributed by atoms with Crippen LogP contribution in [-0.2, 0) is 6.54 Å². The van der Waals surface area contributed by atoms with Gasteiger partial charge in [0.25, 0.3) is 0 Å². The number of nitrogens with two attached hydrogens (primary N) is 1. The molecule has 0 amide bonds. The van der Waals surface area contributed by atoms with Gasteiger partial charge in [0.05, 0.1) is 5.56 Å². The van der Waals surface area contributed by atoms with Gasteiger partial charge in [-0.1, -0.05) is 24.3 Å². The highest BCUT2D eigenvalue weighted by molar-refractivity contribution is 5.87. The number of benzene rings is 2. The highest BCUT2D eigenvalue weighted by Gasteiger charge is 2.12. The number of nitrogens with zero attached hydrogens (tertiary/aromatic N) is 1. The molecule has 0 saturated heterocycles. The quantitative estimate of drug-likeness (QED) is 0.828. The third-order valence-corrected chi connectivity index (χ3v) is 3.69. The van der Waals surface area contributed by atoms with Crippen LogP contribution in [0.15, 0.2) is 48.5 Å². The number of carboxylic acid groups (broad SMARTS) is 1. The van der Waals surface area contributed by atoms with Crippen LogP contribution in [0.1, 0.15) is 34.5 Å². The normalized spacial score (nSPS) is 12.3. The van der Waals surface area contributed by atoms with Gasteiger partial charge < -0.3 is 10.8 Å². The van der Waals surface area contributed by atoms with Crippen molar-refractivity contribution in [3.63, 3.8) is 0 Å². The van der Waals surface area contributed by atoms with E-state index in [1.54, 1.807) is 12.1 Å². The van der Waals surface area contributed by atoms with Crippen molar-refractivity contribution in [3.05, 3.63) is 65.2 Å². The van der Waals surface area contributed by atoms with Gasteiger partial charge >= 0.3 is 5.97 Å². The molecule has 0 fully saturated rings. The molecule has 0 spiro atoms. The molecule has 1 unspecified atom stereocenters. The largest absolute Gasteiger partial charge is 0.478 e. The summed E-state index contributed by atoms with van der Waals surface area (Å²) < 4.78 is 0. The highest BCUT2D eigenvalue weighted by Crippen LogP contribution is 2.22. The molecule has 3 N–H and O–H groups in total. The van der Waals surface area contributed by atoms with Gasteiger partial charge in [-0.15, -0.1) is 0 Å². The van der Waals surface area contributed by atoms with Crippen LogP contribution in [0.4, 0.5) is 5.69 Å². The summed E-state index contributed by atoms with van der Waals surface area (Å²) in [4.78, 5) is 13.0. The van der Waals surface area contributed by atoms with Crippen LogP contribution in [0, 0.1) is 0 Å². The molecular weight excluding hydrogens is 264 g/mol. The molecule has 1 atom stereocenters. The molecule has 0 radical (unpaired) electrons. The van der Waals surface area contributed by atoms with Crippen molar-refractivity contribution in [2.24, 2.45) is 0 Å². The molecular formula is C17H20N2O2.